The number of benzene rings is 6. The first-order chi connectivity index (χ1) is 19.3. The minimum Gasteiger partial charge on any atom is -0.285 e. The highest BCUT2D eigenvalue weighted by atomic mass is 32.1. The van der Waals surface area contributed by atoms with Crippen LogP contribution in [-0.4, -0.2) is 9.55 Å². The van der Waals surface area contributed by atoms with Gasteiger partial charge in [0.2, 0.25) is 0 Å². The maximum atomic E-state index is 5.34. The topological polar surface area (TPSA) is 17.8 Å². The van der Waals surface area contributed by atoms with Crippen LogP contribution in [0.25, 0.3) is 79.2 Å². The summed E-state index contributed by atoms with van der Waals surface area (Å²) in [6, 6.07) is 43.7. The van der Waals surface area contributed by atoms with Crippen LogP contribution in [0.15, 0.2) is 121 Å². The molecule has 0 atom stereocenters. The summed E-state index contributed by atoms with van der Waals surface area (Å²) in [7, 11) is 0. The van der Waals surface area contributed by atoms with Gasteiger partial charge in [-0.05, 0) is 40.6 Å². The summed E-state index contributed by atoms with van der Waals surface area (Å²) in [5.74, 6) is 0. The predicted molar refractivity (Wildman–Crippen MR) is 170 cm³/mol. The second-order valence-electron chi connectivity index (χ2n) is 9.97. The molecule has 0 saturated carbocycles. The van der Waals surface area contributed by atoms with E-state index in [0.717, 1.165) is 10.6 Å². The van der Waals surface area contributed by atoms with E-state index in [-0.39, 0.29) is 0 Å². The lowest BCUT2D eigenvalue weighted by Crippen LogP contribution is -1.92. The Kier molecular flexibility index (Phi) is 4.39. The van der Waals surface area contributed by atoms with Gasteiger partial charge in [-0.1, -0.05) is 108 Å². The van der Waals surface area contributed by atoms with Crippen LogP contribution in [0.4, 0.5) is 0 Å². The Morgan fingerprint density at radius 1 is 0.538 bits per heavy atom. The zero-order chi connectivity index (χ0) is 25.5. The van der Waals surface area contributed by atoms with Gasteiger partial charge in [0.1, 0.15) is 0 Å². The molecular weight excluding hydrogens is 513 g/mol. The number of hydrogen-bond donors (Lipinski definition) is 0. The number of thiazole rings is 1. The molecule has 9 rings (SSSR count). The molecule has 0 spiro atoms. The molecule has 0 aliphatic rings. The quantitative estimate of drug-likeness (QED) is 0.216. The second-order valence-corrected chi connectivity index (χ2v) is 12.0. The third kappa shape index (κ3) is 2.98. The molecule has 0 unspecified atom stereocenters. The highest BCUT2D eigenvalue weighted by Crippen LogP contribution is 2.47. The Morgan fingerprint density at radius 2 is 1.28 bits per heavy atom. The number of nitrogens with zero attached hydrogens (tertiary/aromatic N) is 2. The van der Waals surface area contributed by atoms with E-state index in [0.29, 0.717) is 0 Å². The van der Waals surface area contributed by atoms with Crippen molar-refractivity contribution in [2.24, 2.45) is 0 Å². The summed E-state index contributed by atoms with van der Waals surface area (Å²) in [6.07, 6.45) is 0. The first kappa shape index (κ1) is 21.4. The Balaban J connectivity index is 1.43. The van der Waals surface area contributed by atoms with Crippen LogP contribution in [0.3, 0.4) is 0 Å². The first-order valence-corrected chi connectivity index (χ1v) is 14.7. The van der Waals surface area contributed by atoms with E-state index < -0.39 is 0 Å². The molecule has 0 radical (unpaired) electrons. The van der Waals surface area contributed by atoms with Crippen molar-refractivity contribution in [3.05, 3.63) is 121 Å². The molecule has 182 valence electrons. The number of hydrogen-bond acceptors (Lipinski definition) is 3. The maximum Gasteiger partial charge on any atom is 0.195 e. The van der Waals surface area contributed by atoms with E-state index in [1.807, 2.05) is 11.3 Å². The molecule has 9 aromatic rings. The van der Waals surface area contributed by atoms with Gasteiger partial charge in [0.15, 0.2) is 5.13 Å². The van der Waals surface area contributed by atoms with Gasteiger partial charge in [-0.25, -0.2) is 4.98 Å². The molecule has 3 aromatic heterocycles. The number of fused-ring (bicyclic) bond motifs is 10. The molecule has 0 N–H and O–H groups in total. The molecule has 0 bridgehead atoms. The summed E-state index contributed by atoms with van der Waals surface area (Å²) in [4.78, 5) is 5.34. The molecule has 4 heteroatoms. The van der Waals surface area contributed by atoms with Crippen LogP contribution >= 0.6 is 22.7 Å². The molecule has 2 nitrogen and oxygen atoms in total. The largest absolute Gasteiger partial charge is 0.285 e. The van der Waals surface area contributed by atoms with Crippen LogP contribution in [0.1, 0.15) is 0 Å². The van der Waals surface area contributed by atoms with Crippen molar-refractivity contribution in [3.8, 4) is 16.3 Å². The van der Waals surface area contributed by atoms with Gasteiger partial charge in [0.25, 0.3) is 0 Å². The van der Waals surface area contributed by atoms with Gasteiger partial charge in [0, 0.05) is 36.5 Å². The summed E-state index contributed by atoms with van der Waals surface area (Å²) in [6.45, 7) is 0. The fourth-order valence-corrected chi connectivity index (χ4v) is 8.58. The predicted octanol–water partition coefficient (Wildman–Crippen LogP) is 10.6. The van der Waals surface area contributed by atoms with Crippen molar-refractivity contribution in [1.82, 2.24) is 9.55 Å². The monoisotopic (exact) mass is 532 g/mol. The maximum absolute atomic E-state index is 5.34. The lowest BCUT2D eigenvalue weighted by atomic mass is 10.0. The van der Waals surface area contributed by atoms with Crippen molar-refractivity contribution in [2.45, 2.75) is 0 Å². The minimum atomic E-state index is 1.01. The van der Waals surface area contributed by atoms with Gasteiger partial charge in [-0.2, -0.15) is 0 Å². The molecule has 0 amide bonds. The molecule has 0 fully saturated rings. The van der Waals surface area contributed by atoms with Gasteiger partial charge in [-0.3, -0.25) is 4.57 Å². The Morgan fingerprint density at radius 3 is 2.18 bits per heavy atom. The van der Waals surface area contributed by atoms with Gasteiger partial charge in [0.05, 0.1) is 21.3 Å². The van der Waals surface area contributed by atoms with E-state index >= 15 is 0 Å². The molecule has 3 heterocycles. The highest BCUT2D eigenvalue weighted by Gasteiger charge is 2.21. The molecule has 6 aromatic carbocycles. The highest BCUT2D eigenvalue weighted by molar-refractivity contribution is 7.28. The van der Waals surface area contributed by atoms with Crippen LogP contribution in [0, 0.1) is 0 Å². The SMILES string of the molecule is c1ccc(-c2cc3nc(-n4c5ccccc5c5c6ccccc6ccc54)sc3c3c2sc2ccccc23)cc1. The summed E-state index contributed by atoms with van der Waals surface area (Å²) >= 11 is 3.68. The Labute approximate surface area is 232 Å². The van der Waals surface area contributed by atoms with Crippen molar-refractivity contribution < 1.29 is 0 Å². The third-order valence-corrected chi connectivity index (χ3v) is 10.1. The van der Waals surface area contributed by atoms with Gasteiger partial charge in [-0.15, -0.1) is 11.3 Å². The molecular formula is C35H20N2S2. The van der Waals surface area contributed by atoms with Crippen LogP contribution in [-0.2, 0) is 0 Å². The standard InChI is InChI=1S/C35H20N2S2/c1-2-10-21(11-3-1)26-20-27-34(32-25-15-7-9-17-30(25)38-33(26)32)39-35(36-27)37-28-16-8-6-14-24(28)31-23-13-5-4-12-22(23)18-19-29(31)37/h1-20H. The average molecular weight is 533 g/mol. The summed E-state index contributed by atoms with van der Waals surface area (Å²) in [5, 5.41) is 8.73. The van der Waals surface area contributed by atoms with E-state index in [9.17, 15) is 0 Å². The Hall–Kier alpha value is -4.51. The average Bonchev–Trinajstić information content (AvgIpc) is 3.68. The molecule has 39 heavy (non-hydrogen) atoms. The van der Waals surface area contributed by atoms with E-state index in [2.05, 4.69) is 126 Å². The molecule has 0 saturated heterocycles. The number of aromatic nitrogens is 2. The third-order valence-electron chi connectivity index (χ3n) is 7.83. The summed E-state index contributed by atoms with van der Waals surface area (Å²) in [5.41, 5.74) is 5.93. The van der Waals surface area contributed by atoms with E-state index in [1.165, 1.54) is 68.6 Å². The van der Waals surface area contributed by atoms with E-state index in [1.54, 1.807) is 11.3 Å². The fraction of sp³-hybridized carbons (Fsp3) is 0. The van der Waals surface area contributed by atoms with Crippen molar-refractivity contribution in [2.75, 3.05) is 0 Å². The van der Waals surface area contributed by atoms with Crippen LogP contribution in [0.2, 0.25) is 0 Å². The minimum absolute atomic E-state index is 1.01. The summed E-state index contributed by atoms with van der Waals surface area (Å²) < 4.78 is 6.27. The molecule has 0 aliphatic carbocycles. The zero-order valence-electron chi connectivity index (χ0n) is 20.8. The Bertz CT molecular complexity index is 2390. The normalized spacial score (nSPS) is 12.1. The zero-order valence-corrected chi connectivity index (χ0v) is 22.4. The van der Waals surface area contributed by atoms with E-state index in [4.69, 9.17) is 4.98 Å². The second kappa shape index (κ2) is 8.00. The van der Waals surface area contributed by atoms with Crippen molar-refractivity contribution >= 4 is 85.6 Å². The van der Waals surface area contributed by atoms with Crippen LogP contribution in [0.5, 0.6) is 0 Å². The fourth-order valence-electron chi connectivity index (χ4n) is 6.13. The van der Waals surface area contributed by atoms with Gasteiger partial charge >= 0.3 is 0 Å². The smallest absolute Gasteiger partial charge is 0.195 e. The number of rotatable bonds is 2. The lowest BCUT2D eigenvalue weighted by molar-refractivity contribution is 1.15. The van der Waals surface area contributed by atoms with Crippen molar-refractivity contribution in [3.63, 3.8) is 0 Å². The van der Waals surface area contributed by atoms with Crippen molar-refractivity contribution in [1.29, 1.82) is 0 Å². The number of para-hydroxylation sites is 1. The molecule has 0 aliphatic heterocycles. The lowest BCUT2D eigenvalue weighted by Gasteiger charge is -2.04. The van der Waals surface area contributed by atoms with Crippen LogP contribution < -0.4 is 0 Å². The first-order valence-electron chi connectivity index (χ1n) is 13.1. The number of thiophene rings is 1. The van der Waals surface area contributed by atoms with Gasteiger partial charge < -0.3 is 0 Å².